The van der Waals surface area contributed by atoms with E-state index < -0.39 is 0 Å². The molecule has 0 aliphatic carbocycles. The fourth-order valence-electron chi connectivity index (χ4n) is 4.82. The maximum Gasteiger partial charge on any atom is 0.169 e. The lowest BCUT2D eigenvalue weighted by Gasteiger charge is -2.33. The number of aryl methyl sites for hydroxylation is 3. The lowest BCUT2D eigenvalue weighted by atomic mass is 9.94. The molecule has 36 heavy (non-hydrogen) atoms. The molecule has 0 saturated carbocycles. The molecule has 7 nitrogen and oxygen atoms in total. The number of halogens is 1. The lowest BCUT2D eigenvalue weighted by molar-refractivity contribution is 0.257. The van der Waals surface area contributed by atoms with E-state index in [0.717, 1.165) is 59.1 Å². The molecule has 8 heteroatoms. The third kappa shape index (κ3) is 5.29. The van der Waals surface area contributed by atoms with Crippen molar-refractivity contribution in [1.29, 1.82) is 5.26 Å². The van der Waals surface area contributed by atoms with E-state index >= 15 is 0 Å². The Morgan fingerprint density at radius 1 is 1.08 bits per heavy atom. The van der Waals surface area contributed by atoms with Crippen molar-refractivity contribution in [3.8, 4) is 23.1 Å². The van der Waals surface area contributed by atoms with Crippen LogP contribution in [0.15, 0.2) is 48.8 Å². The van der Waals surface area contributed by atoms with Crippen molar-refractivity contribution in [2.75, 3.05) is 24.6 Å². The van der Waals surface area contributed by atoms with E-state index in [9.17, 15) is 5.26 Å². The predicted molar refractivity (Wildman–Crippen MR) is 145 cm³/mol. The van der Waals surface area contributed by atoms with Crippen molar-refractivity contribution >= 4 is 29.3 Å². The number of imidazole rings is 1. The molecule has 1 aromatic carbocycles. The number of ether oxygens (including phenoxy) is 1. The summed E-state index contributed by atoms with van der Waals surface area (Å²) < 4.78 is 8.08. The Kier molecular flexibility index (Phi) is 7.76. The summed E-state index contributed by atoms with van der Waals surface area (Å²) in [5.74, 6) is 2.67. The van der Waals surface area contributed by atoms with Crippen LogP contribution in [0, 0.1) is 31.1 Å². The van der Waals surface area contributed by atoms with E-state index in [-0.39, 0.29) is 12.4 Å². The molecule has 1 saturated heterocycles. The number of fused-ring (bicyclic) bond motifs is 1. The lowest BCUT2D eigenvalue weighted by Crippen LogP contribution is -2.34. The van der Waals surface area contributed by atoms with E-state index in [1.165, 1.54) is 12.8 Å². The van der Waals surface area contributed by atoms with Crippen molar-refractivity contribution in [2.24, 2.45) is 13.0 Å². The highest BCUT2D eigenvalue weighted by Gasteiger charge is 2.20. The Hall–Kier alpha value is -3.63. The van der Waals surface area contributed by atoms with Crippen molar-refractivity contribution in [2.45, 2.75) is 33.1 Å². The minimum atomic E-state index is 0. The molecule has 4 aromatic rings. The maximum atomic E-state index is 9.52. The summed E-state index contributed by atoms with van der Waals surface area (Å²) in [6.45, 7) is 6.91. The molecule has 3 aromatic heterocycles. The average Bonchev–Trinajstić information content (AvgIpc) is 3.25. The molecule has 5 rings (SSSR count). The Morgan fingerprint density at radius 2 is 1.89 bits per heavy atom. The van der Waals surface area contributed by atoms with Gasteiger partial charge in [0.2, 0.25) is 0 Å². The average molecular weight is 503 g/mol. The Labute approximate surface area is 218 Å². The van der Waals surface area contributed by atoms with Crippen LogP contribution in [-0.4, -0.2) is 39.2 Å². The molecule has 0 atom stereocenters. The summed E-state index contributed by atoms with van der Waals surface area (Å²) in [6.07, 6.45) is 5.10. The minimum absolute atomic E-state index is 0. The summed E-state index contributed by atoms with van der Waals surface area (Å²) in [7, 11) is 1.92. The summed E-state index contributed by atoms with van der Waals surface area (Å²) in [6, 6.07) is 16.5. The largest absolute Gasteiger partial charge is 0.493 e. The fraction of sp³-hybridized carbons (Fsp3) is 0.357. The van der Waals surface area contributed by atoms with Gasteiger partial charge in [-0.15, -0.1) is 12.4 Å². The molecule has 186 valence electrons. The third-order valence-corrected chi connectivity index (χ3v) is 6.89. The van der Waals surface area contributed by atoms with Crippen LogP contribution in [0.3, 0.4) is 0 Å². The van der Waals surface area contributed by atoms with Crippen LogP contribution in [-0.2, 0) is 7.05 Å². The zero-order chi connectivity index (χ0) is 24.4. The number of anilines is 1. The molecular weight excluding hydrogens is 472 g/mol. The van der Waals surface area contributed by atoms with Gasteiger partial charge in [-0.3, -0.25) is 0 Å². The van der Waals surface area contributed by atoms with Crippen LogP contribution < -0.4 is 9.64 Å². The zero-order valence-corrected chi connectivity index (χ0v) is 21.8. The van der Waals surface area contributed by atoms with E-state index in [2.05, 4.69) is 51.0 Å². The third-order valence-electron chi connectivity index (χ3n) is 6.89. The van der Waals surface area contributed by atoms with Gasteiger partial charge in [0.15, 0.2) is 5.69 Å². The van der Waals surface area contributed by atoms with Crippen molar-refractivity contribution in [3.05, 3.63) is 65.7 Å². The highest BCUT2D eigenvalue weighted by atomic mass is 35.5. The van der Waals surface area contributed by atoms with Gasteiger partial charge in [-0.25, -0.2) is 15.0 Å². The summed E-state index contributed by atoms with van der Waals surface area (Å²) >= 11 is 0. The number of aromatic nitrogens is 4. The SMILES string of the molecule is Cc1cccc(N2CCC(CCOc3ccc(-c4cc5c(ncn5C)c(C#N)n4)cc3C)CC2)n1.Cl. The molecule has 0 spiro atoms. The van der Waals surface area contributed by atoms with E-state index in [4.69, 9.17) is 4.74 Å². The number of rotatable bonds is 6. The topological polar surface area (TPSA) is 79.9 Å². The standard InChI is InChI=1S/C28H30N6O.ClH/c1-19-15-22(23-16-25-28(24(17-29)32-23)30-18-33(25)3)7-8-26(19)35-14-11-21-9-12-34(13-10-21)27-6-4-5-20(2)31-27;/h4-8,15-16,18,21H,9-14H2,1-3H3;1H. The smallest absolute Gasteiger partial charge is 0.169 e. The number of piperidine rings is 1. The second-order valence-electron chi connectivity index (χ2n) is 9.38. The van der Waals surface area contributed by atoms with Gasteiger partial charge in [-0.1, -0.05) is 6.07 Å². The van der Waals surface area contributed by atoms with Crippen molar-refractivity contribution in [3.63, 3.8) is 0 Å². The minimum Gasteiger partial charge on any atom is -0.493 e. The van der Waals surface area contributed by atoms with Gasteiger partial charge in [0.25, 0.3) is 0 Å². The summed E-state index contributed by atoms with van der Waals surface area (Å²) in [5.41, 5.74) is 5.74. The molecule has 0 N–H and O–H groups in total. The van der Waals surface area contributed by atoms with Gasteiger partial charge < -0.3 is 14.2 Å². The molecule has 0 unspecified atom stereocenters. The van der Waals surface area contributed by atoms with E-state index in [1.54, 1.807) is 6.33 Å². The first-order valence-electron chi connectivity index (χ1n) is 12.2. The van der Waals surface area contributed by atoms with E-state index in [0.29, 0.717) is 23.7 Å². The number of benzene rings is 1. The number of hydrogen-bond acceptors (Lipinski definition) is 6. The number of nitriles is 1. The fourth-order valence-corrected chi connectivity index (χ4v) is 4.82. The van der Waals surface area contributed by atoms with Crippen LogP contribution in [0.5, 0.6) is 5.75 Å². The summed E-state index contributed by atoms with van der Waals surface area (Å²) in [5, 5.41) is 9.52. The monoisotopic (exact) mass is 502 g/mol. The van der Waals surface area contributed by atoms with E-state index in [1.807, 2.05) is 42.8 Å². The zero-order valence-electron chi connectivity index (χ0n) is 20.9. The van der Waals surface area contributed by atoms with Crippen LogP contribution in [0.25, 0.3) is 22.3 Å². The van der Waals surface area contributed by atoms with Crippen molar-refractivity contribution in [1.82, 2.24) is 19.5 Å². The Balaban J connectivity index is 0.00000304. The maximum absolute atomic E-state index is 9.52. The molecule has 0 bridgehead atoms. The molecule has 0 amide bonds. The number of hydrogen-bond donors (Lipinski definition) is 0. The first kappa shape index (κ1) is 25.5. The van der Waals surface area contributed by atoms with Gasteiger partial charge >= 0.3 is 0 Å². The highest BCUT2D eigenvalue weighted by molar-refractivity contribution is 5.85. The van der Waals surface area contributed by atoms with Crippen LogP contribution >= 0.6 is 12.4 Å². The molecule has 1 aliphatic heterocycles. The van der Waals surface area contributed by atoms with Gasteiger partial charge in [-0.2, -0.15) is 5.26 Å². The van der Waals surface area contributed by atoms with Crippen molar-refractivity contribution < 1.29 is 4.74 Å². The second-order valence-corrected chi connectivity index (χ2v) is 9.38. The van der Waals surface area contributed by atoms with Crippen LogP contribution in [0.1, 0.15) is 36.2 Å². The molecule has 4 heterocycles. The molecular formula is C28H31ClN6O. The van der Waals surface area contributed by atoms with Crippen LogP contribution in [0.2, 0.25) is 0 Å². The quantitative estimate of drug-likeness (QED) is 0.340. The predicted octanol–water partition coefficient (Wildman–Crippen LogP) is 5.63. The van der Waals surface area contributed by atoms with Gasteiger partial charge in [0.1, 0.15) is 23.2 Å². The van der Waals surface area contributed by atoms with Gasteiger partial charge in [-0.05, 0) is 81.0 Å². The van der Waals surface area contributed by atoms with Gasteiger partial charge in [0.05, 0.1) is 24.1 Å². The number of nitrogens with zero attached hydrogens (tertiary/aromatic N) is 6. The summed E-state index contributed by atoms with van der Waals surface area (Å²) in [4.78, 5) is 15.9. The molecule has 0 radical (unpaired) electrons. The molecule has 1 fully saturated rings. The second kappa shape index (κ2) is 11.0. The first-order chi connectivity index (χ1) is 17.0. The Bertz CT molecular complexity index is 1400. The molecule has 1 aliphatic rings. The van der Waals surface area contributed by atoms with Gasteiger partial charge in [0, 0.05) is 31.4 Å². The first-order valence-corrected chi connectivity index (χ1v) is 12.2. The normalized spacial score (nSPS) is 13.9. The number of pyridine rings is 2. The van der Waals surface area contributed by atoms with Crippen LogP contribution in [0.4, 0.5) is 5.82 Å². The highest BCUT2D eigenvalue weighted by Crippen LogP contribution is 2.29. The Morgan fingerprint density at radius 3 is 2.61 bits per heavy atom.